The maximum atomic E-state index is 15.1. The fourth-order valence-corrected chi connectivity index (χ4v) is 11.5. The van der Waals surface area contributed by atoms with Crippen LogP contribution in [0.3, 0.4) is 0 Å². The Bertz CT molecular complexity index is 3750. The van der Waals surface area contributed by atoms with Gasteiger partial charge in [0, 0.05) is 42.4 Å². The predicted molar refractivity (Wildman–Crippen MR) is 376 cm³/mol. The molecule has 26 heteroatoms. The molecule has 0 aliphatic heterocycles. The Balaban J connectivity index is 1.30. The largest absolute Gasteiger partial charge is 0.482 e. The van der Waals surface area contributed by atoms with Crippen molar-refractivity contribution >= 4 is 76.1 Å². The minimum absolute atomic E-state index is 0.0455. The van der Waals surface area contributed by atoms with Crippen LogP contribution in [0.15, 0.2) is 134 Å². The number of aromatic amines is 1. The lowest BCUT2D eigenvalue weighted by Gasteiger charge is -2.30. The molecule has 0 bridgehead atoms. The van der Waals surface area contributed by atoms with E-state index in [0.717, 1.165) is 11.1 Å². The third kappa shape index (κ3) is 24.2. The van der Waals surface area contributed by atoms with E-state index in [-0.39, 0.29) is 61.9 Å². The van der Waals surface area contributed by atoms with E-state index in [9.17, 15) is 53.4 Å². The number of aliphatic carboxylic acids is 2. The molecule has 0 radical (unpaired) electrons. The number of benzene rings is 5. The highest BCUT2D eigenvalue weighted by Gasteiger charge is 2.38. The Morgan fingerprint density at radius 1 is 0.490 bits per heavy atom. The smallest absolute Gasteiger partial charge is 0.341 e. The summed E-state index contributed by atoms with van der Waals surface area (Å²) in [7, 11) is 1.50. The zero-order valence-corrected chi connectivity index (χ0v) is 57.7. The van der Waals surface area contributed by atoms with Crippen molar-refractivity contribution in [2.45, 2.75) is 161 Å². The minimum Gasteiger partial charge on any atom is -0.482 e. The number of carboxylic acid groups (broad SMARTS) is 3. The number of aromatic carboxylic acids is 1. The van der Waals surface area contributed by atoms with Gasteiger partial charge in [0.1, 0.15) is 48.0 Å². The average molecular weight is 1380 g/mol. The molecule has 0 saturated heterocycles. The molecule has 1 aromatic heterocycles. The monoisotopic (exact) mass is 1380 g/mol. The van der Waals surface area contributed by atoms with Crippen molar-refractivity contribution in [3.8, 4) is 16.9 Å². The number of hydrogen-bond donors (Lipinski definition) is 14. The fourth-order valence-electron chi connectivity index (χ4n) is 11.5. The predicted octanol–water partition coefficient (Wildman–Crippen LogP) is 4.72. The van der Waals surface area contributed by atoms with Gasteiger partial charge >= 0.3 is 17.9 Å². The number of ether oxygens (including phenoxy) is 1. The van der Waals surface area contributed by atoms with E-state index in [1.807, 2.05) is 70.2 Å². The number of rotatable bonds is 40. The van der Waals surface area contributed by atoms with Gasteiger partial charge in [-0.05, 0) is 128 Å². The zero-order chi connectivity index (χ0) is 73.2. The summed E-state index contributed by atoms with van der Waals surface area (Å²) in [6.45, 7) is 12.5. The summed E-state index contributed by atoms with van der Waals surface area (Å²) < 4.78 is 5.23. The van der Waals surface area contributed by atoms with Gasteiger partial charge in [0.15, 0.2) is 6.61 Å². The molecule has 8 amide bonds. The van der Waals surface area contributed by atoms with Crippen LogP contribution in [0.1, 0.15) is 113 Å². The first-order chi connectivity index (χ1) is 47.7. The van der Waals surface area contributed by atoms with Crippen LogP contribution < -0.4 is 58.3 Å². The molecule has 0 saturated carbocycles. The summed E-state index contributed by atoms with van der Waals surface area (Å²) in [5, 5.41) is 54.7. The van der Waals surface area contributed by atoms with E-state index in [0.29, 0.717) is 52.4 Å². The molecule has 0 aliphatic rings. The van der Waals surface area contributed by atoms with E-state index < -0.39 is 138 Å². The van der Waals surface area contributed by atoms with Crippen LogP contribution >= 0.6 is 0 Å². The first kappa shape index (κ1) is 78.5. The van der Waals surface area contributed by atoms with Crippen molar-refractivity contribution < 1.29 is 72.8 Å². The number of carbonyl (C=O) groups is 11. The molecule has 1 heterocycles. The number of H-pyrrole nitrogens is 1. The van der Waals surface area contributed by atoms with Crippen molar-refractivity contribution in [1.82, 2.24) is 52.8 Å². The molecule has 100 heavy (non-hydrogen) atoms. The fraction of sp³-hybridized carbons (Fsp3) is 0.419. The first-order valence-corrected chi connectivity index (χ1v) is 33.6. The van der Waals surface area contributed by atoms with Crippen LogP contribution in [0.25, 0.3) is 22.0 Å². The molecule has 5 aromatic carbocycles. The first-order valence-electron chi connectivity index (χ1n) is 33.6. The van der Waals surface area contributed by atoms with E-state index in [1.54, 1.807) is 75.5 Å². The number of likely N-dealkylation sites (N-methyl/N-ethyl adjacent to an activating group) is 1. The highest BCUT2D eigenvalue weighted by Crippen LogP contribution is 2.23. The Morgan fingerprint density at radius 2 is 0.960 bits per heavy atom. The second-order valence-corrected chi connectivity index (χ2v) is 25.9. The van der Waals surface area contributed by atoms with Crippen LogP contribution in [0.5, 0.6) is 5.75 Å². The normalized spacial score (nSPS) is 14.3. The molecule has 0 fully saturated rings. The lowest BCUT2D eigenvalue weighted by molar-refractivity contribution is -0.141. The van der Waals surface area contributed by atoms with E-state index in [2.05, 4.69) is 52.8 Å². The molecule has 0 aliphatic carbocycles. The Morgan fingerprint density at radius 3 is 1.51 bits per heavy atom. The van der Waals surface area contributed by atoms with E-state index in [4.69, 9.17) is 15.6 Å². The Hall–Kier alpha value is -10.5. The summed E-state index contributed by atoms with van der Waals surface area (Å²) in [6, 6.07) is 24.4. The number of carboxylic acids is 3. The molecular formula is C74H95N11O15. The standard InChI is InChI=1S/C74H95N11O15/c1-9-44(6)65(73(97)79-56(20-15-33-75)66(90)78-45(7)34-42(2)3)85-70(94)59(37-46-21-27-50(28-22-46)49-16-11-10-12-17-49)83-72(96)64(43(4)5)84-71(95)60(38-52-40-77-55-19-14-13-18-54(52)55)81-69(93)61(39-62(86)87)82-68(92)58(36-47-23-29-51(30-24-47)74(98)99)80-67(91)57(76-8)35-48-25-31-53(32-26-48)100-41-63(88)89/h10-14,16-19,21-32,40,42-45,56-61,64-65,76-77H,9,15,20,33-39,41,75H2,1-8H3,(H,78,90)(H,79,97)(H,80,91)(H,81,93)(H,82,92)(H,83,96)(H,84,95)(H,85,94)(H,86,87)(H,88,89)(H,98,99)/t44-,45-,56-,57-,58-,59-,60-,61-,64-,65-/m0/s1. The van der Waals surface area contributed by atoms with Crippen LogP contribution in [-0.2, 0) is 73.6 Å². The second-order valence-electron chi connectivity index (χ2n) is 25.9. The lowest BCUT2D eigenvalue weighted by atomic mass is 9.95. The number of nitrogens with one attached hydrogen (secondary N) is 10. The summed E-state index contributed by atoms with van der Waals surface area (Å²) in [6.07, 6.45) is 1.73. The van der Waals surface area contributed by atoms with Crippen LogP contribution in [0.4, 0.5) is 0 Å². The number of nitrogens with two attached hydrogens (primary N) is 1. The zero-order valence-electron chi connectivity index (χ0n) is 57.7. The van der Waals surface area contributed by atoms with Gasteiger partial charge in [-0.1, -0.05) is 145 Å². The summed E-state index contributed by atoms with van der Waals surface area (Å²) in [5.74, 6) is -11.0. The molecular weight excluding hydrogens is 1280 g/mol. The SMILES string of the molecule is CC[C@H](C)[C@H](NC(=O)[C@H](Cc1ccc(-c2ccccc2)cc1)NC(=O)[C@@H](NC(=O)[C@H](Cc1c[nH]c2ccccc12)NC(=O)[C@H](CC(=O)O)NC(=O)[C@H](Cc1ccc(C(=O)O)cc1)NC(=O)[C@H](Cc1ccc(OCC(=O)O)cc1)NC)C(C)C)C(=O)N[C@@H](CCCN)C(=O)N[C@@H](C)CC(C)C. The average Bonchev–Trinajstić information content (AvgIpc) is 1.48. The van der Waals surface area contributed by atoms with Crippen molar-refractivity contribution in [3.63, 3.8) is 0 Å². The van der Waals surface area contributed by atoms with Gasteiger partial charge in [-0.25, -0.2) is 9.59 Å². The maximum absolute atomic E-state index is 15.1. The van der Waals surface area contributed by atoms with Crippen LogP contribution in [0.2, 0.25) is 0 Å². The van der Waals surface area contributed by atoms with Crippen molar-refractivity contribution in [3.05, 3.63) is 161 Å². The van der Waals surface area contributed by atoms with Gasteiger partial charge in [-0.3, -0.25) is 43.2 Å². The van der Waals surface area contributed by atoms with Gasteiger partial charge in [0.25, 0.3) is 0 Å². The molecule has 6 rings (SSSR count). The molecule has 26 nitrogen and oxygen atoms in total. The number of fused-ring (bicyclic) bond motifs is 1. The van der Waals surface area contributed by atoms with Crippen LogP contribution in [0, 0.1) is 17.8 Å². The lowest BCUT2D eigenvalue weighted by Crippen LogP contribution is -2.62. The third-order valence-corrected chi connectivity index (χ3v) is 17.1. The highest BCUT2D eigenvalue weighted by molar-refractivity contribution is 5.99. The van der Waals surface area contributed by atoms with E-state index in [1.165, 1.54) is 43.4 Å². The minimum atomic E-state index is -1.92. The molecule has 15 N–H and O–H groups in total. The van der Waals surface area contributed by atoms with E-state index >= 15 is 9.59 Å². The Labute approximate surface area is 581 Å². The molecule has 0 spiro atoms. The van der Waals surface area contributed by atoms with Crippen molar-refractivity contribution in [1.29, 1.82) is 0 Å². The number of hydrogen-bond acceptors (Lipinski definition) is 14. The molecule has 6 aromatic rings. The maximum Gasteiger partial charge on any atom is 0.341 e. The van der Waals surface area contributed by atoms with Gasteiger partial charge in [0.2, 0.25) is 47.3 Å². The van der Waals surface area contributed by atoms with Gasteiger partial charge in [-0.15, -0.1) is 0 Å². The number of carbonyl (C=O) groups excluding carboxylic acids is 8. The van der Waals surface area contributed by atoms with Gasteiger partial charge in [-0.2, -0.15) is 0 Å². The summed E-state index contributed by atoms with van der Waals surface area (Å²) in [5.41, 5.74) is 10.4. The molecule has 0 unspecified atom stereocenters. The van der Waals surface area contributed by atoms with Crippen molar-refractivity contribution in [2.24, 2.45) is 23.5 Å². The second kappa shape index (κ2) is 38.6. The number of aromatic nitrogens is 1. The van der Waals surface area contributed by atoms with Crippen LogP contribution in [-0.4, -0.2) is 160 Å². The topological polar surface area (TPSA) is 408 Å². The van der Waals surface area contributed by atoms with Crippen molar-refractivity contribution in [2.75, 3.05) is 20.2 Å². The Kier molecular flexibility index (Phi) is 30.3. The molecule has 536 valence electrons. The summed E-state index contributed by atoms with van der Waals surface area (Å²) in [4.78, 5) is 156. The third-order valence-electron chi connectivity index (χ3n) is 17.1. The number of para-hydroxylation sites is 1. The summed E-state index contributed by atoms with van der Waals surface area (Å²) >= 11 is 0. The quantitative estimate of drug-likeness (QED) is 0.0247. The van der Waals surface area contributed by atoms with Gasteiger partial charge in [0.05, 0.1) is 18.0 Å². The molecule has 10 atom stereocenters. The number of amides is 8. The highest BCUT2D eigenvalue weighted by atomic mass is 16.5. The van der Waals surface area contributed by atoms with Gasteiger partial charge < -0.3 is 78.6 Å².